The fourth-order valence-corrected chi connectivity index (χ4v) is 3.90. The van der Waals surface area contributed by atoms with E-state index in [0.717, 1.165) is 42.6 Å². The zero-order chi connectivity index (χ0) is 20.2. The Kier molecular flexibility index (Phi) is 5.14. The summed E-state index contributed by atoms with van der Waals surface area (Å²) in [5.74, 6) is 0.775. The van der Waals surface area contributed by atoms with E-state index in [4.69, 9.17) is 12.3 Å². The number of nitriles is 1. The van der Waals surface area contributed by atoms with E-state index in [0.29, 0.717) is 16.9 Å². The molecule has 0 spiro atoms. The molecule has 1 fully saturated rings. The largest absolute Gasteiger partial charge is 0.392 e. The second-order valence-electron chi connectivity index (χ2n) is 7.14. The van der Waals surface area contributed by atoms with Gasteiger partial charge in [-0.05, 0) is 42.0 Å². The molecule has 5 nitrogen and oxygen atoms in total. The Hall–Kier alpha value is -3.83. The Bertz CT molecular complexity index is 1120. The van der Waals surface area contributed by atoms with Crippen LogP contribution in [0.25, 0.3) is 27.1 Å². The van der Waals surface area contributed by atoms with Crippen LogP contribution in [0.1, 0.15) is 24.8 Å². The SMILES string of the molecule is [C-]#[N+]c1c(N)nc(N2CCCCC2)c(C#N)c1-c1cccc(-c2ccccc2)c1. The van der Waals surface area contributed by atoms with Crippen LogP contribution in [0.15, 0.2) is 54.6 Å². The Morgan fingerprint density at radius 2 is 1.66 bits per heavy atom. The molecule has 2 heterocycles. The highest BCUT2D eigenvalue weighted by molar-refractivity contribution is 5.93. The summed E-state index contributed by atoms with van der Waals surface area (Å²) < 4.78 is 0. The lowest BCUT2D eigenvalue weighted by Crippen LogP contribution is -2.31. The topological polar surface area (TPSA) is 70.3 Å². The number of pyridine rings is 1. The van der Waals surface area contributed by atoms with Gasteiger partial charge in [-0.25, -0.2) is 9.83 Å². The van der Waals surface area contributed by atoms with Crippen LogP contribution in [0.2, 0.25) is 0 Å². The molecular formula is C24H21N5. The van der Waals surface area contributed by atoms with Crippen molar-refractivity contribution in [1.29, 1.82) is 5.26 Å². The van der Waals surface area contributed by atoms with Crippen molar-refractivity contribution in [2.24, 2.45) is 0 Å². The van der Waals surface area contributed by atoms with Gasteiger partial charge in [0, 0.05) is 18.7 Å². The van der Waals surface area contributed by atoms with E-state index in [1.165, 1.54) is 6.42 Å². The molecule has 0 aliphatic carbocycles. The van der Waals surface area contributed by atoms with E-state index in [2.05, 4.69) is 20.8 Å². The van der Waals surface area contributed by atoms with E-state index in [-0.39, 0.29) is 11.5 Å². The summed E-state index contributed by atoms with van der Waals surface area (Å²) in [5, 5.41) is 10.0. The third kappa shape index (κ3) is 3.51. The molecule has 1 aliphatic rings. The number of hydrogen-bond donors (Lipinski definition) is 1. The van der Waals surface area contributed by atoms with Crippen LogP contribution in [0.4, 0.5) is 17.3 Å². The minimum absolute atomic E-state index is 0.180. The number of benzene rings is 2. The van der Waals surface area contributed by atoms with E-state index in [1.807, 2.05) is 54.6 Å². The monoisotopic (exact) mass is 379 g/mol. The quantitative estimate of drug-likeness (QED) is 0.618. The third-order valence-electron chi connectivity index (χ3n) is 5.32. The van der Waals surface area contributed by atoms with Gasteiger partial charge in [-0.3, -0.25) is 0 Å². The lowest BCUT2D eigenvalue weighted by molar-refractivity contribution is 0.573. The van der Waals surface area contributed by atoms with Crippen LogP contribution in [0.5, 0.6) is 0 Å². The zero-order valence-corrected chi connectivity index (χ0v) is 16.1. The molecule has 0 unspecified atom stereocenters. The van der Waals surface area contributed by atoms with E-state index in [9.17, 15) is 5.26 Å². The highest BCUT2D eigenvalue weighted by Crippen LogP contribution is 2.42. The van der Waals surface area contributed by atoms with Crippen LogP contribution >= 0.6 is 0 Å². The highest BCUT2D eigenvalue weighted by atomic mass is 15.2. The summed E-state index contributed by atoms with van der Waals surface area (Å²) in [7, 11) is 0. The minimum atomic E-state index is 0.180. The Morgan fingerprint density at radius 1 is 0.966 bits per heavy atom. The van der Waals surface area contributed by atoms with Gasteiger partial charge >= 0.3 is 0 Å². The molecule has 1 aliphatic heterocycles. The van der Waals surface area contributed by atoms with Crippen LogP contribution in [-0.2, 0) is 0 Å². The van der Waals surface area contributed by atoms with Gasteiger partial charge in [0.25, 0.3) is 0 Å². The molecule has 2 N–H and O–H groups in total. The van der Waals surface area contributed by atoms with Gasteiger partial charge in [-0.15, -0.1) is 0 Å². The number of rotatable bonds is 3. The first-order valence-corrected chi connectivity index (χ1v) is 9.74. The van der Waals surface area contributed by atoms with E-state index in [1.54, 1.807) is 0 Å². The van der Waals surface area contributed by atoms with Gasteiger partial charge < -0.3 is 10.6 Å². The van der Waals surface area contributed by atoms with Crippen LogP contribution in [-0.4, -0.2) is 18.1 Å². The molecule has 2 aromatic carbocycles. The average molecular weight is 379 g/mol. The molecule has 142 valence electrons. The van der Waals surface area contributed by atoms with Gasteiger partial charge in [-0.2, -0.15) is 5.26 Å². The van der Waals surface area contributed by atoms with Gasteiger partial charge in [0.15, 0.2) is 0 Å². The van der Waals surface area contributed by atoms with Crippen LogP contribution in [0.3, 0.4) is 0 Å². The predicted octanol–water partition coefficient (Wildman–Crippen LogP) is 5.41. The molecule has 1 saturated heterocycles. The van der Waals surface area contributed by atoms with Crippen molar-refractivity contribution in [3.63, 3.8) is 0 Å². The van der Waals surface area contributed by atoms with Crippen LogP contribution < -0.4 is 10.6 Å². The lowest BCUT2D eigenvalue weighted by atomic mass is 9.95. The zero-order valence-electron chi connectivity index (χ0n) is 16.1. The normalized spacial score (nSPS) is 13.5. The number of piperidine rings is 1. The highest BCUT2D eigenvalue weighted by Gasteiger charge is 2.24. The van der Waals surface area contributed by atoms with Gasteiger partial charge in [-0.1, -0.05) is 48.5 Å². The molecule has 0 radical (unpaired) electrons. The molecule has 0 atom stereocenters. The number of anilines is 2. The first kappa shape index (κ1) is 18.5. The third-order valence-corrected chi connectivity index (χ3v) is 5.32. The second kappa shape index (κ2) is 8.04. The van der Waals surface area contributed by atoms with Gasteiger partial charge in [0.1, 0.15) is 17.7 Å². The Balaban J connectivity index is 1.92. The number of hydrogen-bond acceptors (Lipinski definition) is 4. The fraction of sp³-hybridized carbons (Fsp3) is 0.208. The van der Waals surface area contributed by atoms with Crippen molar-refractivity contribution < 1.29 is 0 Å². The summed E-state index contributed by atoms with van der Waals surface area (Å²) in [5.41, 5.74) is 10.3. The Morgan fingerprint density at radius 3 is 2.34 bits per heavy atom. The number of nitrogens with two attached hydrogens (primary N) is 1. The first-order chi connectivity index (χ1) is 14.2. The molecule has 0 bridgehead atoms. The van der Waals surface area contributed by atoms with Gasteiger partial charge in [0.05, 0.1) is 12.1 Å². The second-order valence-corrected chi connectivity index (χ2v) is 7.14. The van der Waals surface area contributed by atoms with Crippen molar-refractivity contribution in [3.8, 4) is 28.3 Å². The summed E-state index contributed by atoms with van der Waals surface area (Å²) in [6, 6.07) is 20.3. The Labute approximate surface area is 170 Å². The van der Waals surface area contributed by atoms with Crippen molar-refractivity contribution in [2.45, 2.75) is 19.3 Å². The van der Waals surface area contributed by atoms with Crippen molar-refractivity contribution in [2.75, 3.05) is 23.7 Å². The molecule has 3 aromatic rings. The average Bonchev–Trinajstić information content (AvgIpc) is 2.79. The molecule has 29 heavy (non-hydrogen) atoms. The van der Waals surface area contributed by atoms with Crippen molar-refractivity contribution in [1.82, 2.24) is 4.98 Å². The predicted molar refractivity (Wildman–Crippen MR) is 117 cm³/mol. The molecule has 4 rings (SSSR count). The molecule has 0 saturated carbocycles. The summed E-state index contributed by atoms with van der Waals surface area (Å²) in [6.07, 6.45) is 3.31. The maximum absolute atomic E-state index is 10.0. The summed E-state index contributed by atoms with van der Waals surface area (Å²) >= 11 is 0. The first-order valence-electron chi connectivity index (χ1n) is 9.74. The summed E-state index contributed by atoms with van der Waals surface area (Å²) in [6.45, 7) is 9.36. The smallest absolute Gasteiger partial charge is 0.237 e. The number of nitrogens with zero attached hydrogens (tertiary/aromatic N) is 4. The number of nitrogen functional groups attached to an aromatic ring is 1. The minimum Gasteiger partial charge on any atom is -0.392 e. The summed E-state index contributed by atoms with van der Waals surface area (Å²) in [4.78, 5) is 10.2. The maximum atomic E-state index is 10.0. The number of aromatic nitrogens is 1. The standard InChI is InChI=1S/C24H21N5/c1-27-22-21(19-12-8-11-18(15-19)17-9-4-2-5-10-17)20(16-25)24(28-23(22)26)29-13-6-3-7-14-29/h2,4-5,8-12,15H,3,6-7,13-14H2,(H2,26,28). The van der Waals surface area contributed by atoms with E-state index < -0.39 is 0 Å². The van der Waals surface area contributed by atoms with E-state index >= 15 is 0 Å². The van der Waals surface area contributed by atoms with Crippen LogP contribution in [0, 0.1) is 17.9 Å². The molecular weight excluding hydrogens is 358 g/mol. The lowest BCUT2D eigenvalue weighted by Gasteiger charge is -2.29. The molecule has 5 heteroatoms. The van der Waals surface area contributed by atoms with Crippen molar-refractivity contribution >= 4 is 17.3 Å². The van der Waals surface area contributed by atoms with Gasteiger partial charge in [0.2, 0.25) is 5.69 Å². The maximum Gasteiger partial charge on any atom is 0.237 e. The molecule has 0 amide bonds. The molecule has 1 aromatic heterocycles. The van der Waals surface area contributed by atoms with Crippen molar-refractivity contribution in [3.05, 3.63) is 71.6 Å². The fourth-order valence-electron chi connectivity index (χ4n) is 3.90.